The van der Waals surface area contributed by atoms with Crippen molar-refractivity contribution in [2.75, 3.05) is 13.2 Å². The average Bonchev–Trinajstić information content (AvgIpc) is 2.51. The van der Waals surface area contributed by atoms with E-state index in [9.17, 15) is 0 Å². The second-order valence-electron chi connectivity index (χ2n) is 4.47. The van der Waals surface area contributed by atoms with E-state index in [2.05, 4.69) is 36.1 Å². The van der Waals surface area contributed by atoms with Crippen molar-refractivity contribution in [3.8, 4) is 17.6 Å². The van der Waals surface area contributed by atoms with Gasteiger partial charge in [-0.05, 0) is 36.6 Å². The quantitative estimate of drug-likeness (QED) is 0.666. The molecular formula is C18H19NO. The third-order valence-electron chi connectivity index (χ3n) is 2.89. The second-order valence-corrected chi connectivity index (χ2v) is 4.47. The lowest BCUT2D eigenvalue weighted by Gasteiger charge is -2.06. The minimum atomic E-state index is 0.377. The van der Waals surface area contributed by atoms with E-state index in [0.29, 0.717) is 13.2 Å². The van der Waals surface area contributed by atoms with Gasteiger partial charge in [0.05, 0.1) is 13.2 Å². The monoisotopic (exact) mass is 265 g/mol. The highest BCUT2D eigenvalue weighted by Gasteiger charge is 1.96. The Morgan fingerprint density at radius 2 is 1.85 bits per heavy atom. The predicted octanol–water partition coefficient (Wildman–Crippen LogP) is 3.01. The molecule has 0 aliphatic carbocycles. The van der Waals surface area contributed by atoms with Crippen LogP contribution in [-0.4, -0.2) is 13.2 Å². The lowest BCUT2D eigenvalue weighted by atomic mass is 10.1. The van der Waals surface area contributed by atoms with Crippen molar-refractivity contribution in [2.45, 2.75) is 12.8 Å². The first-order chi connectivity index (χ1) is 9.88. The molecule has 0 spiro atoms. The van der Waals surface area contributed by atoms with Crippen LogP contribution in [0.25, 0.3) is 0 Å². The predicted molar refractivity (Wildman–Crippen MR) is 82.6 cm³/mol. The fraction of sp³-hybridized carbons (Fsp3) is 0.222. The number of aryl methyl sites for hydroxylation is 1. The maximum absolute atomic E-state index is 5.75. The van der Waals surface area contributed by atoms with Crippen molar-refractivity contribution < 1.29 is 4.74 Å². The molecule has 0 amide bonds. The lowest BCUT2D eigenvalue weighted by molar-refractivity contribution is 0.311. The van der Waals surface area contributed by atoms with Gasteiger partial charge in [0, 0.05) is 5.56 Å². The average molecular weight is 265 g/mol. The first kappa shape index (κ1) is 14.2. The molecule has 2 heteroatoms. The summed E-state index contributed by atoms with van der Waals surface area (Å²) >= 11 is 0. The van der Waals surface area contributed by atoms with Crippen LogP contribution in [0.4, 0.5) is 0 Å². The number of nitrogens with two attached hydrogens (primary N) is 1. The Balaban J connectivity index is 1.79. The van der Waals surface area contributed by atoms with E-state index in [1.807, 2.05) is 30.3 Å². The first-order valence-electron chi connectivity index (χ1n) is 6.84. The lowest BCUT2D eigenvalue weighted by Crippen LogP contribution is -1.99. The van der Waals surface area contributed by atoms with Crippen molar-refractivity contribution in [1.29, 1.82) is 0 Å². The summed E-state index contributed by atoms with van der Waals surface area (Å²) < 4.78 is 5.75. The Morgan fingerprint density at radius 3 is 2.65 bits per heavy atom. The van der Waals surface area contributed by atoms with E-state index in [-0.39, 0.29) is 0 Å². The molecule has 0 saturated heterocycles. The van der Waals surface area contributed by atoms with Crippen LogP contribution in [-0.2, 0) is 6.42 Å². The zero-order valence-corrected chi connectivity index (χ0v) is 11.5. The SMILES string of the molecule is NCC#Cc1cccc(OCCCc2ccccc2)c1. The van der Waals surface area contributed by atoms with Gasteiger partial charge in [-0.15, -0.1) is 0 Å². The van der Waals surface area contributed by atoms with Crippen LogP contribution in [0.1, 0.15) is 17.5 Å². The van der Waals surface area contributed by atoms with Gasteiger partial charge in [-0.25, -0.2) is 0 Å². The molecule has 102 valence electrons. The van der Waals surface area contributed by atoms with Crippen LogP contribution in [0, 0.1) is 11.8 Å². The molecule has 0 aliphatic heterocycles. The summed E-state index contributed by atoms with van der Waals surface area (Å²) in [5, 5.41) is 0. The summed E-state index contributed by atoms with van der Waals surface area (Å²) in [5.74, 6) is 6.71. The number of hydrogen-bond donors (Lipinski definition) is 1. The largest absolute Gasteiger partial charge is 0.494 e. The summed E-state index contributed by atoms with van der Waals surface area (Å²) in [7, 11) is 0. The highest BCUT2D eigenvalue weighted by molar-refractivity contribution is 5.39. The fourth-order valence-corrected chi connectivity index (χ4v) is 1.93. The van der Waals surface area contributed by atoms with Crippen molar-refractivity contribution in [3.05, 3.63) is 65.7 Å². The van der Waals surface area contributed by atoms with E-state index in [1.54, 1.807) is 0 Å². The van der Waals surface area contributed by atoms with Gasteiger partial charge >= 0.3 is 0 Å². The number of rotatable bonds is 5. The van der Waals surface area contributed by atoms with Gasteiger partial charge in [0.15, 0.2) is 0 Å². The molecule has 0 saturated carbocycles. The highest BCUT2D eigenvalue weighted by Crippen LogP contribution is 2.13. The summed E-state index contributed by atoms with van der Waals surface area (Å²) in [6, 6.07) is 18.3. The number of benzene rings is 2. The molecule has 2 aromatic carbocycles. The fourth-order valence-electron chi connectivity index (χ4n) is 1.93. The van der Waals surface area contributed by atoms with E-state index >= 15 is 0 Å². The zero-order valence-electron chi connectivity index (χ0n) is 11.5. The Kier molecular flexibility index (Phi) is 5.70. The number of ether oxygens (including phenoxy) is 1. The van der Waals surface area contributed by atoms with Crippen LogP contribution in [0.15, 0.2) is 54.6 Å². The van der Waals surface area contributed by atoms with Gasteiger partial charge in [0.2, 0.25) is 0 Å². The van der Waals surface area contributed by atoms with Crippen molar-refractivity contribution >= 4 is 0 Å². The van der Waals surface area contributed by atoms with Crippen LogP contribution in [0.2, 0.25) is 0 Å². The Morgan fingerprint density at radius 1 is 1.00 bits per heavy atom. The van der Waals surface area contributed by atoms with Gasteiger partial charge in [-0.1, -0.05) is 48.2 Å². The van der Waals surface area contributed by atoms with E-state index < -0.39 is 0 Å². The molecule has 2 rings (SSSR count). The maximum Gasteiger partial charge on any atom is 0.120 e. The Hall–Kier alpha value is -2.24. The van der Waals surface area contributed by atoms with E-state index in [0.717, 1.165) is 24.2 Å². The van der Waals surface area contributed by atoms with Gasteiger partial charge in [-0.2, -0.15) is 0 Å². The van der Waals surface area contributed by atoms with Crippen molar-refractivity contribution in [2.24, 2.45) is 5.73 Å². The molecule has 0 heterocycles. The van der Waals surface area contributed by atoms with Gasteiger partial charge in [0.25, 0.3) is 0 Å². The molecule has 2 aromatic rings. The summed E-state index contributed by atoms with van der Waals surface area (Å²) in [4.78, 5) is 0. The van der Waals surface area contributed by atoms with Crippen LogP contribution < -0.4 is 10.5 Å². The molecule has 0 unspecified atom stereocenters. The third-order valence-corrected chi connectivity index (χ3v) is 2.89. The summed E-state index contributed by atoms with van der Waals surface area (Å²) in [6.07, 6.45) is 2.04. The summed E-state index contributed by atoms with van der Waals surface area (Å²) in [5.41, 5.74) is 7.65. The van der Waals surface area contributed by atoms with Crippen molar-refractivity contribution in [1.82, 2.24) is 0 Å². The topological polar surface area (TPSA) is 35.2 Å². The molecule has 2 nitrogen and oxygen atoms in total. The molecule has 2 N–H and O–H groups in total. The maximum atomic E-state index is 5.75. The first-order valence-corrected chi connectivity index (χ1v) is 6.84. The molecule has 0 aliphatic rings. The molecule has 0 fully saturated rings. The van der Waals surface area contributed by atoms with E-state index in [4.69, 9.17) is 10.5 Å². The molecule has 0 bridgehead atoms. The van der Waals surface area contributed by atoms with Gasteiger partial charge < -0.3 is 10.5 Å². The summed E-state index contributed by atoms with van der Waals surface area (Å²) in [6.45, 7) is 1.09. The van der Waals surface area contributed by atoms with Gasteiger partial charge in [-0.3, -0.25) is 0 Å². The Labute approximate surface area is 120 Å². The molecule has 0 radical (unpaired) electrons. The normalized spacial score (nSPS) is 9.65. The molecule has 20 heavy (non-hydrogen) atoms. The molecule has 0 aromatic heterocycles. The minimum absolute atomic E-state index is 0.377. The molecule has 0 atom stereocenters. The van der Waals surface area contributed by atoms with E-state index in [1.165, 1.54) is 5.56 Å². The van der Waals surface area contributed by atoms with Crippen molar-refractivity contribution in [3.63, 3.8) is 0 Å². The standard InChI is InChI=1S/C18H19NO/c19-13-5-10-17-9-4-12-18(15-17)20-14-6-11-16-7-2-1-3-8-16/h1-4,7-9,12,15H,6,11,13-14,19H2. The van der Waals surface area contributed by atoms with Gasteiger partial charge in [0.1, 0.15) is 5.75 Å². The van der Waals surface area contributed by atoms with Crippen LogP contribution >= 0.6 is 0 Å². The second kappa shape index (κ2) is 8.04. The highest BCUT2D eigenvalue weighted by atomic mass is 16.5. The van der Waals surface area contributed by atoms with Crippen LogP contribution in [0.5, 0.6) is 5.75 Å². The molecular weight excluding hydrogens is 246 g/mol. The smallest absolute Gasteiger partial charge is 0.120 e. The third kappa shape index (κ3) is 4.79. The Bertz CT molecular complexity index is 581. The minimum Gasteiger partial charge on any atom is -0.494 e. The number of hydrogen-bond acceptors (Lipinski definition) is 2. The van der Waals surface area contributed by atoms with Crippen LogP contribution in [0.3, 0.4) is 0 Å². The zero-order chi connectivity index (χ0) is 14.0.